The first-order valence-electron chi connectivity index (χ1n) is 8.86. The SMILES string of the molecule is CC(C)(C=O)COC(=O)CCCCCCCC(=O)OCC(C)(C)C=O. The minimum Gasteiger partial charge on any atom is -0.465 e. The van der Waals surface area contributed by atoms with Crippen molar-refractivity contribution in [3.8, 4) is 0 Å². The molecule has 0 aliphatic carbocycles. The highest BCUT2D eigenvalue weighted by atomic mass is 16.5. The molecule has 0 aliphatic heterocycles. The normalized spacial score (nSPS) is 11.7. The van der Waals surface area contributed by atoms with Gasteiger partial charge in [0.25, 0.3) is 0 Å². The molecule has 0 aliphatic rings. The van der Waals surface area contributed by atoms with Crippen molar-refractivity contribution in [1.29, 1.82) is 0 Å². The molecule has 0 rings (SSSR count). The Labute approximate surface area is 150 Å². The smallest absolute Gasteiger partial charge is 0.305 e. The Kier molecular flexibility index (Phi) is 11.0. The molecule has 0 unspecified atom stereocenters. The molecule has 0 bridgehead atoms. The van der Waals surface area contributed by atoms with E-state index in [4.69, 9.17) is 9.47 Å². The molecule has 0 atom stereocenters. The molecular weight excluding hydrogens is 324 g/mol. The number of aldehydes is 2. The second-order valence-electron chi connectivity index (χ2n) is 7.80. The lowest BCUT2D eigenvalue weighted by Gasteiger charge is -2.16. The Morgan fingerprint density at radius 3 is 1.32 bits per heavy atom. The standard InChI is InChI=1S/C19H32O6/c1-18(2,12-20)14-24-16(22)10-8-6-5-7-9-11-17(23)25-15-19(3,4)13-21/h12-13H,5-11,14-15H2,1-4H3. The van der Waals surface area contributed by atoms with Crippen LogP contribution in [0.5, 0.6) is 0 Å². The van der Waals surface area contributed by atoms with Gasteiger partial charge >= 0.3 is 11.9 Å². The summed E-state index contributed by atoms with van der Waals surface area (Å²) in [6, 6.07) is 0. The van der Waals surface area contributed by atoms with Crippen LogP contribution in [-0.2, 0) is 28.7 Å². The van der Waals surface area contributed by atoms with Crippen molar-refractivity contribution in [2.75, 3.05) is 13.2 Å². The van der Waals surface area contributed by atoms with Gasteiger partial charge in [-0.25, -0.2) is 0 Å². The molecular formula is C19H32O6. The highest BCUT2D eigenvalue weighted by molar-refractivity contribution is 5.70. The van der Waals surface area contributed by atoms with Crippen molar-refractivity contribution in [1.82, 2.24) is 0 Å². The average Bonchev–Trinajstić information content (AvgIpc) is 2.57. The van der Waals surface area contributed by atoms with Gasteiger partial charge < -0.3 is 19.1 Å². The summed E-state index contributed by atoms with van der Waals surface area (Å²) in [5.41, 5.74) is -1.27. The number of carbonyl (C=O) groups is 4. The van der Waals surface area contributed by atoms with Crippen molar-refractivity contribution in [2.24, 2.45) is 10.8 Å². The lowest BCUT2D eigenvalue weighted by atomic mass is 9.98. The maximum absolute atomic E-state index is 11.5. The number of hydrogen-bond acceptors (Lipinski definition) is 6. The summed E-state index contributed by atoms with van der Waals surface area (Å²) in [5, 5.41) is 0. The topological polar surface area (TPSA) is 86.7 Å². The monoisotopic (exact) mass is 356 g/mol. The van der Waals surface area contributed by atoms with Gasteiger partial charge in [-0.15, -0.1) is 0 Å². The van der Waals surface area contributed by atoms with Crippen molar-refractivity contribution in [3.63, 3.8) is 0 Å². The van der Waals surface area contributed by atoms with E-state index in [1.807, 2.05) is 0 Å². The van der Waals surface area contributed by atoms with Gasteiger partial charge in [0.2, 0.25) is 0 Å². The molecule has 0 aromatic carbocycles. The minimum absolute atomic E-state index is 0.109. The molecule has 144 valence electrons. The Morgan fingerprint density at radius 2 is 1.00 bits per heavy atom. The molecule has 0 amide bonds. The molecule has 0 saturated carbocycles. The first kappa shape index (κ1) is 23.3. The van der Waals surface area contributed by atoms with Crippen LogP contribution < -0.4 is 0 Å². The van der Waals surface area contributed by atoms with E-state index in [1.165, 1.54) is 0 Å². The predicted molar refractivity (Wildman–Crippen MR) is 93.9 cm³/mol. The fourth-order valence-electron chi connectivity index (χ4n) is 1.81. The van der Waals surface area contributed by atoms with Crippen LogP contribution in [0, 0.1) is 10.8 Å². The van der Waals surface area contributed by atoms with Crippen LogP contribution in [0.4, 0.5) is 0 Å². The predicted octanol–water partition coefficient (Wildman–Crippen LogP) is 3.25. The van der Waals surface area contributed by atoms with Crippen LogP contribution in [0.3, 0.4) is 0 Å². The van der Waals surface area contributed by atoms with E-state index >= 15 is 0 Å². The molecule has 0 spiro atoms. The lowest BCUT2D eigenvalue weighted by molar-refractivity contribution is -0.148. The molecule has 0 saturated heterocycles. The highest BCUT2D eigenvalue weighted by Crippen LogP contribution is 2.14. The number of hydrogen-bond donors (Lipinski definition) is 0. The van der Waals surface area contributed by atoms with Crippen LogP contribution in [0.2, 0.25) is 0 Å². The van der Waals surface area contributed by atoms with E-state index in [0.717, 1.165) is 44.7 Å². The molecule has 0 aromatic rings. The zero-order chi connectivity index (χ0) is 19.3. The molecule has 0 N–H and O–H groups in total. The molecule has 0 radical (unpaired) electrons. The summed E-state index contributed by atoms with van der Waals surface area (Å²) in [7, 11) is 0. The van der Waals surface area contributed by atoms with Crippen LogP contribution in [0.1, 0.15) is 72.6 Å². The quantitative estimate of drug-likeness (QED) is 0.270. The summed E-state index contributed by atoms with van der Waals surface area (Å²) < 4.78 is 10.1. The van der Waals surface area contributed by atoms with Crippen LogP contribution in [0.25, 0.3) is 0 Å². The van der Waals surface area contributed by atoms with E-state index < -0.39 is 10.8 Å². The molecule has 6 nitrogen and oxygen atoms in total. The fraction of sp³-hybridized carbons (Fsp3) is 0.789. The third-order valence-electron chi connectivity index (χ3n) is 3.61. The summed E-state index contributed by atoms with van der Waals surface area (Å²) in [6.07, 6.45) is 6.43. The van der Waals surface area contributed by atoms with Crippen LogP contribution in [-0.4, -0.2) is 37.7 Å². The summed E-state index contributed by atoms with van der Waals surface area (Å²) in [5.74, 6) is -0.562. The molecule has 25 heavy (non-hydrogen) atoms. The van der Waals surface area contributed by atoms with Crippen molar-refractivity contribution in [3.05, 3.63) is 0 Å². The Balaban J connectivity index is 3.58. The van der Waals surface area contributed by atoms with Gasteiger partial charge in [-0.2, -0.15) is 0 Å². The Bertz CT molecular complexity index is 399. The molecule has 0 fully saturated rings. The van der Waals surface area contributed by atoms with Gasteiger partial charge in [-0.3, -0.25) is 9.59 Å². The van der Waals surface area contributed by atoms with E-state index in [1.54, 1.807) is 27.7 Å². The highest BCUT2D eigenvalue weighted by Gasteiger charge is 2.19. The van der Waals surface area contributed by atoms with Gasteiger partial charge in [0.15, 0.2) is 0 Å². The largest absolute Gasteiger partial charge is 0.465 e. The number of esters is 2. The first-order valence-corrected chi connectivity index (χ1v) is 8.86. The maximum Gasteiger partial charge on any atom is 0.305 e. The van der Waals surface area contributed by atoms with E-state index in [-0.39, 0.29) is 25.2 Å². The summed E-state index contributed by atoms with van der Waals surface area (Å²) in [6.45, 7) is 7.10. The minimum atomic E-state index is -0.634. The van der Waals surface area contributed by atoms with Crippen molar-refractivity contribution >= 4 is 24.5 Å². The first-order chi connectivity index (χ1) is 11.6. The third-order valence-corrected chi connectivity index (χ3v) is 3.61. The molecule has 0 heterocycles. The van der Waals surface area contributed by atoms with Crippen LogP contribution in [0.15, 0.2) is 0 Å². The maximum atomic E-state index is 11.5. The van der Waals surface area contributed by atoms with Crippen molar-refractivity contribution < 1.29 is 28.7 Å². The third kappa shape index (κ3) is 13.3. The Morgan fingerprint density at radius 1 is 0.680 bits per heavy atom. The van der Waals surface area contributed by atoms with Gasteiger partial charge in [0.1, 0.15) is 25.8 Å². The lowest BCUT2D eigenvalue weighted by Crippen LogP contribution is -2.23. The van der Waals surface area contributed by atoms with Gasteiger partial charge in [-0.05, 0) is 40.5 Å². The van der Waals surface area contributed by atoms with E-state index in [2.05, 4.69) is 0 Å². The summed E-state index contributed by atoms with van der Waals surface area (Å²) >= 11 is 0. The fourth-order valence-corrected chi connectivity index (χ4v) is 1.81. The van der Waals surface area contributed by atoms with Gasteiger partial charge in [0.05, 0.1) is 10.8 Å². The van der Waals surface area contributed by atoms with Gasteiger partial charge in [-0.1, -0.05) is 19.3 Å². The van der Waals surface area contributed by atoms with E-state index in [9.17, 15) is 19.2 Å². The number of ether oxygens (including phenoxy) is 2. The number of rotatable bonds is 14. The van der Waals surface area contributed by atoms with E-state index in [0.29, 0.717) is 12.8 Å². The zero-order valence-corrected chi connectivity index (χ0v) is 16.0. The molecule has 0 aromatic heterocycles. The molecule has 6 heteroatoms. The van der Waals surface area contributed by atoms with Gasteiger partial charge in [0, 0.05) is 12.8 Å². The zero-order valence-electron chi connectivity index (χ0n) is 16.0. The van der Waals surface area contributed by atoms with Crippen molar-refractivity contribution in [2.45, 2.75) is 72.6 Å². The second-order valence-corrected chi connectivity index (χ2v) is 7.80. The number of unbranched alkanes of at least 4 members (excludes halogenated alkanes) is 4. The Hall–Kier alpha value is -1.72. The second kappa shape index (κ2) is 11.8. The van der Waals surface area contributed by atoms with Crippen LogP contribution >= 0.6 is 0 Å². The average molecular weight is 356 g/mol. The number of carbonyl (C=O) groups excluding carboxylic acids is 4. The summed E-state index contributed by atoms with van der Waals surface area (Å²) in [4.78, 5) is 44.5.